The zero-order chi connectivity index (χ0) is 18.8. The molecule has 1 unspecified atom stereocenters. The highest BCUT2D eigenvalue weighted by Crippen LogP contribution is 2.20. The first kappa shape index (κ1) is 20.0. The predicted octanol–water partition coefficient (Wildman–Crippen LogP) is 4.23. The van der Waals surface area contributed by atoms with Crippen LogP contribution in [0.1, 0.15) is 44.6 Å². The number of ether oxygens (including phenoxy) is 1. The number of carbonyl (C=O) groups is 2. The molecule has 0 aromatic heterocycles. The van der Waals surface area contributed by atoms with Crippen LogP contribution < -0.4 is 0 Å². The summed E-state index contributed by atoms with van der Waals surface area (Å²) >= 11 is 0. The zero-order valence-corrected chi connectivity index (χ0v) is 15.8. The lowest BCUT2D eigenvalue weighted by Crippen LogP contribution is -2.37. The van der Waals surface area contributed by atoms with E-state index in [4.69, 9.17) is 4.74 Å². The van der Waals surface area contributed by atoms with Crippen LogP contribution in [0.15, 0.2) is 48.1 Å². The number of nitrogens with zero attached hydrogens (tertiary/aromatic N) is 1. The number of esters is 1. The molecular weight excluding hydrogens is 326 g/mol. The number of hydrogen-bond acceptors (Lipinski definition) is 3. The Morgan fingerprint density at radius 2 is 2.00 bits per heavy atom. The maximum Gasteiger partial charge on any atom is 0.310 e. The summed E-state index contributed by atoms with van der Waals surface area (Å²) in [6, 6.07) is 9.74. The van der Waals surface area contributed by atoms with Gasteiger partial charge in [-0.25, -0.2) is 0 Å². The molecule has 4 nitrogen and oxygen atoms in total. The molecule has 0 fully saturated rings. The van der Waals surface area contributed by atoms with Crippen molar-refractivity contribution in [1.82, 2.24) is 4.90 Å². The van der Waals surface area contributed by atoms with Gasteiger partial charge >= 0.3 is 5.97 Å². The molecule has 140 valence electrons. The van der Waals surface area contributed by atoms with Gasteiger partial charge in [0.15, 0.2) is 0 Å². The van der Waals surface area contributed by atoms with Crippen molar-refractivity contribution < 1.29 is 14.3 Å². The summed E-state index contributed by atoms with van der Waals surface area (Å²) in [6.45, 7) is 2.80. The van der Waals surface area contributed by atoms with E-state index in [1.54, 1.807) is 17.9 Å². The molecule has 1 aliphatic carbocycles. The summed E-state index contributed by atoms with van der Waals surface area (Å²) in [5.74, 6) is -0.692. The summed E-state index contributed by atoms with van der Waals surface area (Å²) < 4.78 is 4.81. The Hall–Kier alpha value is -2.36. The van der Waals surface area contributed by atoms with Crippen molar-refractivity contribution in [3.8, 4) is 0 Å². The number of hydrogen-bond donors (Lipinski definition) is 0. The molecule has 0 saturated heterocycles. The fraction of sp³-hybridized carbons (Fsp3) is 0.455. The van der Waals surface area contributed by atoms with E-state index in [0.29, 0.717) is 13.1 Å². The van der Waals surface area contributed by atoms with Crippen molar-refractivity contribution in [2.45, 2.75) is 39.0 Å². The van der Waals surface area contributed by atoms with E-state index < -0.39 is 0 Å². The third-order valence-corrected chi connectivity index (χ3v) is 4.72. The number of methoxy groups -OCH3 is 1. The topological polar surface area (TPSA) is 46.6 Å². The van der Waals surface area contributed by atoms with Crippen molar-refractivity contribution in [3.05, 3.63) is 53.6 Å². The minimum Gasteiger partial charge on any atom is -0.469 e. The number of allylic oxidation sites excluding steroid dienone is 1. The zero-order valence-electron chi connectivity index (χ0n) is 15.8. The number of amides is 1. The van der Waals surface area contributed by atoms with E-state index in [0.717, 1.165) is 24.8 Å². The van der Waals surface area contributed by atoms with Crippen LogP contribution in [0.2, 0.25) is 0 Å². The molecular formula is C22H29NO3. The van der Waals surface area contributed by atoms with Crippen molar-refractivity contribution >= 4 is 18.0 Å². The lowest BCUT2D eigenvalue weighted by molar-refractivity contribution is -0.146. The summed E-state index contributed by atoms with van der Waals surface area (Å²) in [5, 5.41) is 0. The van der Waals surface area contributed by atoms with Gasteiger partial charge in [-0.1, -0.05) is 48.9 Å². The highest BCUT2D eigenvalue weighted by atomic mass is 16.5. The largest absolute Gasteiger partial charge is 0.469 e. The predicted molar refractivity (Wildman–Crippen MR) is 104 cm³/mol. The summed E-state index contributed by atoms with van der Waals surface area (Å²) in [6.07, 6.45) is 11.3. The summed E-state index contributed by atoms with van der Waals surface area (Å²) in [4.78, 5) is 26.2. The van der Waals surface area contributed by atoms with E-state index in [1.165, 1.54) is 25.5 Å². The van der Waals surface area contributed by atoms with Crippen LogP contribution >= 0.6 is 0 Å². The van der Waals surface area contributed by atoms with Crippen molar-refractivity contribution in [2.24, 2.45) is 5.92 Å². The molecule has 1 amide bonds. The van der Waals surface area contributed by atoms with Crippen LogP contribution in [0.3, 0.4) is 0 Å². The molecule has 1 aliphatic rings. The van der Waals surface area contributed by atoms with Crippen LogP contribution in [0, 0.1) is 5.92 Å². The smallest absolute Gasteiger partial charge is 0.310 e. The van der Waals surface area contributed by atoms with E-state index in [9.17, 15) is 9.59 Å². The Balaban J connectivity index is 2.02. The minimum atomic E-state index is -0.339. The SMILES string of the molecule is COC(=O)C(C)CN(CCC1=CCCCC1)C(=O)/C=C/c1ccccc1. The third-order valence-electron chi connectivity index (χ3n) is 4.72. The molecule has 1 atom stereocenters. The monoisotopic (exact) mass is 355 g/mol. The van der Waals surface area contributed by atoms with Crippen LogP contribution in [0.5, 0.6) is 0 Å². The Morgan fingerprint density at radius 1 is 1.23 bits per heavy atom. The second-order valence-corrected chi connectivity index (χ2v) is 6.81. The highest BCUT2D eigenvalue weighted by Gasteiger charge is 2.20. The Kier molecular flexibility index (Phi) is 8.13. The molecule has 4 heteroatoms. The lowest BCUT2D eigenvalue weighted by Gasteiger charge is -2.25. The van der Waals surface area contributed by atoms with Crippen molar-refractivity contribution in [2.75, 3.05) is 20.2 Å². The Labute approximate surface area is 156 Å². The molecule has 2 rings (SSSR count). The highest BCUT2D eigenvalue weighted by molar-refractivity contribution is 5.92. The molecule has 0 saturated carbocycles. The molecule has 1 aromatic carbocycles. The van der Waals surface area contributed by atoms with Gasteiger partial charge in [0.25, 0.3) is 0 Å². The lowest BCUT2D eigenvalue weighted by atomic mass is 9.97. The van der Waals surface area contributed by atoms with Gasteiger partial charge in [-0.2, -0.15) is 0 Å². The molecule has 0 spiro atoms. The third kappa shape index (κ3) is 6.51. The van der Waals surface area contributed by atoms with Crippen LogP contribution in [-0.2, 0) is 14.3 Å². The summed E-state index contributed by atoms with van der Waals surface area (Å²) in [5.41, 5.74) is 2.41. The van der Waals surface area contributed by atoms with Gasteiger partial charge in [-0.3, -0.25) is 9.59 Å². The maximum absolute atomic E-state index is 12.7. The summed E-state index contributed by atoms with van der Waals surface area (Å²) in [7, 11) is 1.38. The molecule has 0 aliphatic heterocycles. The molecule has 0 N–H and O–H groups in total. The normalized spacial score (nSPS) is 15.4. The average Bonchev–Trinajstić information content (AvgIpc) is 2.70. The first-order chi connectivity index (χ1) is 12.6. The van der Waals surface area contributed by atoms with Gasteiger partial charge in [-0.15, -0.1) is 0 Å². The second-order valence-electron chi connectivity index (χ2n) is 6.81. The van der Waals surface area contributed by atoms with Gasteiger partial charge in [0, 0.05) is 19.2 Å². The van der Waals surface area contributed by atoms with Crippen molar-refractivity contribution in [1.29, 1.82) is 0 Å². The van der Waals surface area contributed by atoms with Crippen molar-refractivity contribution in [3.63, 3.8) is 0 Å². The van der Waals surface area contributed by atoms with E-state index in [2.05, 4.69) is 6.08 Å². The quantitative estimate of drug-likeness (QED) is 0.398. The average molecular weight is 355 g/mol. The van der Waals surface area contributed by atoms with Crippen LogP contribution in [0.25, 0.3) is 6.08 Å². The van der Waals surface area contributed by atoms with Crippen LogP contribution in [0.4, 0.5) is 0 Å². The fourth-order valence-electron chi connectivity index (χ4n) is 3.15. The Bertz CT molecular complexity index is 649. The first-order valence-corrected chi connectivity index (χ1v) is 9.38. The molecule has 0 bridgehead atoms. The van der Waals surface area contributed by atoms with Gasteiger partial charge in [0.1, 0.15) is 0 Å². The van der Waals surface area contributed by atoms with E-state index >= 15 is 0 Å². The first-order valence-electron chi connectivity index (χ1n) is 9.38. The van der Waals surface area contributed by atoms with Gasteiger partial charge in [0.05, 0.1) is 13.0 Å². The van der Waals surface area contributed by atoms with E-state index in [-0.39, 0.29) is 17.8 Å². The molecule has 26 heavy (non-hydrogen) atoms. The molecule has 0 heterocycles. The van der Waals surface area contributed by atoms with Gasteiger partial charge in [-0.05, 0) is 43.7 Å². The van der Waals surface area contributed by atoms with E-state index in [1.807, 2.05) is 36.4 Å². The standard InChI is InChI=1S/C22H29NO3/c1-18(22(25)26-2)17-23(16-15-20-11-7-4-8-12-20)21(24)14-13-19-9-5-3-6-10-19/h3,5-6,9-11,13-14,18H,4,7-8,12,15-17H2,1-2H3/b14-13+. The second kappa shape index (κ2) is 10.6. The number of rotatable bonds is 8. The fourth-order valence-corrected chi connectivity index (χ4v) is 3.15. The number of carbonyl (C=O) groups excluding carboxylic acids is 2. The molecule has 0 radical (unpaired) electrons. The number of benzene rings is 1. The van der Waals surface area contributed by atoms with Gasteiger partial charge < -0.3 is 9.64 Å². The minimum absolute atomic E-state index is 0.0685. The Morgan fingerprint density at radius 3 is 2.65 bits per heavy atom. The van der Waals surface area contributed by atoms with Gasteiger partial charge in [0.2, 0.25) is 5.91 Å². The van der Waals surface area contributed by atoms with Crippen LogP contribution in [-0.4, -0.2) is 37.0 Å². The molecule has 1 aromatic rings. The maximum atomic E-state index is 12.7.